The highest BCUT2D eigenvalue weighted by Gasteiger charge is 2.26. The van der Waals surface area contributed by atoms with Gasteiger partial charge in [-0.1, -0.05) is 51.1 Å². The minimum absolute atomic E-state index is 0. The fourth-order valence-corrected chi connectivity index (χ4v) is 2.81. The molecule has 2 aromatic rings. The van der Waals surface area contributed by atoms with Gasteiger partial charge in [0.15, 0.2) is 0 Å². The van der Waals surface area contributed by atoms with Crippen LogP contribution in [0.4, 0.5) is 0 Å². The third-order valence-corrected chi connectivity index (χ3v) is 4.41. The van der Waals surface area contributed by atoms with E-state index in [0.29, 0.717) is 13.0 Å². The average molecular weight is 354 g/mol. The van der Waals surface area contributed by atoms with Gasteiger partial charge in [-0.15, -0.1) is 23.7 Å². The van der Waals surface area contributed by atoms with Crippen molar-refractivity contribution in [1.82, 2.24) is 10.3 Å². The molecule has 23 heavy (non-hydrogen) atoms. The normalized spacial score (nSPS) is 12.3. The highest BCUT2D eigenvalue weighted by Crippen LogP contribution is 2.23. The summed E-state index contributed by atoms with van der Waals surface area (Å²) >= 11 is 1.62. The van der Waals surface area contributed by atoms with Crippen LogP contribution in [0.1, 0.15) is 26.5 Å². The molecule has 0 saturated carbocycles. The summed E-state index contributed by atoms with van der Waals surface area (Å²) in [6.45, 7) is 6.44. The Labute approximate surface area is 147 Å². The third kappa shape index (κ3) is 5.61. The van der Waals surface area contributed by atoms with E-state index in [1.807, 2.05) is 56.5 Å². The fourth-order valence-electron chi connectivity index (χ4n) is 1.95. The van der Waals surface area contributed by atoms with E-state index in [1.165, 1.54) is 0 Å². The first-order valence-electron chi connectivity index (χ1n) is 7.41. The van der Waals surface area contributed by atoms with E-state index in [-0.39, 0.29) is 23.7 Å². The number of hydrogen-bond donors (Lipinski definition) is 2. The van der Waals surface area contributed by atoms with Crippen molar-refractivity contribution in [3.8, 4) is 10.6 Å². The van der Waals surface area contributed by atoms with E-state index in [2.05, 4.69) is 10.3 Å². The molecule has 0 spiro atoms. The van der Waals surface area contributed by atoms with Crippen LogP contribution in [0.5, 0.6) is 0 Å². The zero-order valence-corrected chi connectivity index (χ0v) is 15.3. The molecule has 0 bridgehead atoms. The van der Waals surface area contributed by atoms with Gasteiger partial charge in [0, 0.05) is 23.9 Å². The highest BCUT2D eigenvalue weighted by molar-refractivity contribution is 7.13. The second kappa shape index (κ2) is 8.43. The molecule has 0 aliphatic rings. The summed E-state index contributed by atoms with van der Waals surface area (Å²) in [5, 5.41) is 5.93. The number of nitrogens with one attached hydrogen (secondary N) is 1. The highest BCUT2D eigenvalue weighted by atomic mass is 35.5. The predicted molar refractivity (Wildman–Crippen MR) is 98.9 cm³/mol. The SMILES string of the molecule is CC(C)(C)[C@H](N)C(=O)NCCc1csc(-c2ccccc2)n1.Cl. The van der Waals surface area contributed by atoms with Gasteiger partial charge >= 0.3 is 0 Å². The zero-order chi connectivity index (χ0) is 16.2. The third-order valence-electron chi connectivity index (χ3n) is 3.47. The smallest absolute Gasteiger partial charge is 0.237 e. The van der Waals surface area contributed by atoms with Crippen molar-refractivity contribution in [1.29, 1.82) is 0 Å². The molecule has 1 heterocycles. The lowest BCUT2D eigenvalue weighted by molar-refractivity contribution is -0.124. The van der Waals surface area contributed by atoms with Crippen molar-refractivity contribution < 1.29 is 4.79 Å². The Balaban J connectivity index is 0.00000264. The van der Waals surface area contributed by atoms with E-state index < -0.39 is 6.04 Å². The molecule has 0 unspecified atom stereocenters. The number of aromatic nitrogens is 1. The number of hydrogen-bond acceptors (Lipinski definition) is 4. The second-order valence-corrected chi connectivity index (χ2v) is 7.25. The van der Waals surface area contributed by atoms with Gasteiger partial charge in [0.2, 0.25) is 5.91 Å². The van der Waals surface area contributed by atoms with Gasteiger partial charge in [-0.25, -0.2) is 4.98 Å². The van der Waals surface area contributed by atoms with Gasteiger partial charge in [-0.3, -0.25) is 4.79 Å². The molecule has 0 aliphatic heterocycles. The maximum Gasteiger partial charge on any atom is 0.237 e. The van der Waals surface area contributed by atoms with Gasteiger partial charge in [0.1, 0.15) is 5.01 Å². The maximum absolute atomic E-state index is 12.0. The van der Waals surface area contributed by atoms with Crippen LogP contribution in [0.15, 0.2) is 35.7 Å². The molecular formula is C17H24ClN3OS. The Morgan fingerprint density at radius 2 is 1.96 bits per heavy atom. The standard InChI is InChI=1S/C17H23N3OS.ClH/c1-17(2,3)14(18)15(21)19-10-9-13-11-22-16(20-13)12-7-5-4-6-8-12;/h4-8,11,14H,9-10,18H2,1-3H3,(H,19,21);1H/t14-;/m1./s1. The van der Waals surface area contributed by atoms with E-state index in [9.17, 15) is 4.79 Å². The van der Waals surface area contributed by atoms with Crippen LogP contribution in [-0.2, 0) is 11.2 Å². The largest absolute Gasteiger partial charge is 0.354 e. The molecule has 0 saturated heterocycles. The van der Waals surface area contributed by atoms with Crippen molar-refractivity contribution in [3.63, 3.8) is 0 Å². The van der Waals surface area contributed by atoms with Crippen LogP contribution in [0.25, 0.3) is 10.6 Å². The number of thiazole rings is 1. The molecule has 0 radical (unpaired) electrons. The van der Waals surface area contributed by atoms with E-state index in [1.54, 1.807) is 11.3 Å². The number of nitrogens with two attached hydrogens (primary N) is 1. The molecule has 1 amide bonds. The van der Waals surface area contributed by atoms with Gasteiger partial charge in [0.25, 0.3) is 0 Å². The minimum Gasteiger partial charge on any atom is -0.354 e. The summed E-state index contributed by atoms with van der Waals surface area (Å²) in [7, 11) is 0. The van der Waals surface area contributed by atoms with E-state index in [4.69, 9.17) is 5.73 Å². The van der Waals surface area contributed by atoms with Crippen LogP contribution in [0, 0.1) is 5.41 Å². The van der Waals surface area contributed by atoms with Crippen molar-refractivity contribution in [2.24, 2.45) is 11.1 Å². The predicted octanol–water partition coefficient (Wildman–Crippen LogP) is 3.26. The fraction of sp³-hybridized carbons (Fsp3) is 0.412. The lowest BCUT2D eigenvalue weighted by Crippen LogP contribution is -2.49. The first-order valence-corrected chi connectivity index (χ1v) is 8.29. The van der Waals surface area contributed by atoms with E-state index >= 15 is 0 Å². The van der Waals surface area contributed by atoms with Crippen LogP contribution >= 0.6 is 23.7 Å². The number of amides is 1. The Hall–Kier alpha value is -1.43. The molecule has 2 rings (SSSR count). The van der Waals surface area contributed by atoms with Crippen LogP contribution < -0.4 is 11.1 Å². The molecule has 6 heteroatoms. The topological polar surface area (TPSA) is 68.0 Å². The molecule has 0 fully saturated rings. The average Bonchev–Trinajstić information content (AvgIpc) is 2.95. The molecule has 1 aromatic heterocycles. The summed E-state index contributed by atoms with van der Waals surface area (Å²) in [5.74, 6) is -0.106. The Morgan fingerprint density at radius 1 is 1.30 bits per heavy atom. The summed E-state index contributed by atoms with van der Waals surface area (Å²) in [5.41, 5.74) is 7.81. The van der Waals surface area contributed by atoms with Gasteiger partial charge in [-0.2, -0.15) is 0 Å². The number of nitrogens with zero attached hydrogens (tertiary/aromatic N) is 1. The lowest BCUT2D eigenvalue weighted by atomic mass is 9.87. The van der Waals surface area contributed by atoms with Crippen molar-refractivity contribution >= 4 is 29.7 Å². The summed E-state index contributed by atoms with van der Waals surface area (Å²) in [6, 6.07) is 9.60. The lowest BCUT2D eigenvalue weighted by Gasteiger charge is -2.25. The molecule has 126 valence electrons. The Kier molecular flexibility index (Phi) is 7.19. The number of benzene rings is 1. The summed E-state index contributed by atoms with van der Waals surface area (Å²) in [4.78, 5) is 16.6. The Bertz CT molecular complexity index is 622. The monoisotopic (exact) mass is 353 g/mol. The maximum atomic E-state index is 12.0. The number of halogens is 1. The summed E-state index contributed by atoms with van der Waals surface area (Å²) in [6.07, 6.45) is 0.714. The minimum atomic E-state index is -0.497. The van der Waals surface area contributed by atoms with Crippen LogP contribution in [0.3, 0.4) is 0 Å². The van der Waals surface area contributed by atoms with Crippen molar-refractivity contribution in [2.75, 3.05) is 6.54 Å². The first kappa shape index (κ1) is 19.6. The quantitative estimate of drug-likeness (QED) is 0.866. The molecule has 1 atom stereocenters. The molecular weight excluding hydrogens is 330 g/mol. The molecule has 3 N–H and O–H groups in total. The molecule has 1 aromatic carbocycles. The number of carbonyl (C=O) groups is 1. The summed E-state index contributed by atoms with van der Waals surface area (Å²) < 4.78 is 0. The number of carbonyl (C=O) groups excluding carboxylic acids is 1. The van der Waals surface area contributed by atoms with E-state index in [0.717, 1.165) is 16.3 Å². The van der Waals surface area contributed by atoms with Gasteiger partial charge in [0.05, 0.1) is 11.7 Å². The first-order chi connectivity index (χ1) is 10.4. The Morgan fingerprint density at radius 3 is 2.57 bits per heavy atom. The zero-order valence-electron chi connectivity index (χ0n) is 13.7. The van der Waals surface area contributed by atoms with Crippen molar-refractivity contribution in [2.45, 2.75) is 33.2 Å². The molecule has 0 aliphatic carbocycles. The van der Waals surface area contributed by atoms with Gasteiger partial charge < -0.3 is 11.1 Å². The van der Waals surface area contributed by atoms with Crippen LogP contribution in [-0.4, -0.2) is 23.5 Å². The van der Waals surface area contributed by atoms with Crippen molar-refractivity contribution in [3.05, 3.63) is 41.4 Å². The van der Waals surface area contributed by atoms with Gasteiger partial charge in [-0.05, 0) is 5.41 Å². The number of rotatable bonds is 5. The van der Waals surface area contributed by atoms with Crippen LogP contribution in [0.2, 0.25) is 0 Å². The molecule has 4 nitrogen and oxygen atoms in total. The second-order valence-electron chi connectivity index (χ2n) is 6.39.